The van der Waals surface area contributed by atoms with Crippen molar-refractivity contribution in [2.45, 2.75) is 36.6 Å². The Kier molecular flexibility index (Phi) is 5.25. The number of imidazole rings is 1. The standard InChI is InChI=1S/C21H24N4O4S/c1-24-18-11-8-16(13-19(18)25(2)21(24)27)22-20(26)12-5-14-3-9-17(10-4-14)30(28,29)23-15-6-7-15/h3-4,8-11,13,15,23H,5-7,12H2,1-2H3,(H,22,26). The van der Waals surface area contributed by atoms with Crippen molar-refractivity contribution >= 4 is 32.7 Å². The Morgan fingerprint density at radius 2 is 1.70 bits per heavy atom. The number of hydrogen-bond acceptors (Lipinski definition) is 4. The highest BCUT2D eigenvalue weighted by atomic mass is 32.2. The summed E-state index contributed by atoms with van der Waals surface area (Å²) in [5.41, 5.74) is 2.94. The Morgan fingerprint density at radius 3 is 2.37 bits per heavy atom. The normalized spacial score (nSPS) is 14.2. The first kappa shape index (κ1) is 20.4. The zero-order valence-electron chi connectivity index (χ0n) is 16.9. The number of rotatable bonds is 7. The van der Waals surface area contributed by atoms with E-state index in [-0.39, 0.29) is 29.0 Å². The van der Waals surface area contributed by atoms with Gasteiger partial charge in [0, 0.05) is 32.2 Å². The predicted octanol–water partition coefficient (Wildman–Crippen LogP) is 1.89. The second-order valence-electron chi connectivity index (χ2n) is 7.69. The molecule has 158 valence electrons. The van der Waals surface area contributed by atoms with Crippen LogP contribution in [0.3, 0.4) is 0 Å². The van der Waals surface area contributed by atoms with Crippen LogP contribution < -0.4 is 15.7 Å². The van der Waals surface area contributed by atoms with Gasteiger partial charge in [0.1, 0.15) is 0 Å². The van der Waals surface area contributed by atoms with E-state index in [1.165, 1.54) is 0 Å². The summed E-state index contributed by atoms with van der Waals surface area (Å²) in [6.45, 7) is 0. The summed E-state index contributed by atoms with van der Waals surface area (Å²) in [7, 11) is -0.0594. The maximum atomic E-state index is 12.3. The summed E-state index contributed by atoms with van der Waals surface area (Å²) >= 11 is 0. The maximum Gasteiger partial charge on any atom is 0.328 e. The fourth-order valence-electron chi connectivity index (χ4n) is 3.39. The van der Waals surface area contributed by atoms with Crippen LogP contribution in [0.25, 0.3) is 11.0 Å². The molecule has 1 fully saturated rings. The number of anilines is 1. The summed E-state index contributed by atoms with van der Waals surface area (Å²) in [6.07, 6.45) is 2.53. The van der Waals surface area contributed by atoms with Gasteiger partial charge in [-0.2, -0.15) is 0 Å². The molecule has 8 nitrogen and oxygen atoms in total. The molecule has 30 heavy (non-hydrogen) atoms. The number of fused-ring (bicyclic) bond motifs is 1. The van der Waals surface area contributed by atoms with Gasteiger partial charge in [0.05, 0.1) is 15.9 Å². The molecule has 0 radical (unpaired) electrons. The number of sulfonamides is 1. The summed E-state index contributed by atoms with van der Waals surface area (Å²) < 4.78 is 30.2. The van der Waals surface area contributed by atoms with Crippen molar-refractivity contribution in [3.63, 3.8) is 0 Å². The number of nitrogens with one attached hydrogen (secondary N) is 2. The molecule has 1 amide bonds. The van der Waals surface area contributed by atoms with Gasteiger partial charge >= 0.3 is 5.69 Å². The lowest BCUT2D eigenvalue weighted by molar-refractivity contribution is -0.116. The number of nitrogens with zero attached hydrogens (tertiary/aromatic N) is 2. The van der Waals surface area contributed by atoms with E-state index >= 15 is 0 Å². The zero-order chi connectivity index (χ0) is 21.5. The van der Waals surface area contributed by atoms with E-state index in [4.69, 9.17) is 0 Å². The minimum Gasteiger partial charge on any atom is -0.326 e. The van der Waals surface area contributed by atoms with Crippen molar-refractivity contribution < 1.29 is 13.2 Å². The van der Waals surface area contributed by atoms with Crippen LogP contribution in [-0.2, 0) is 35.3 Å². The second kappa shape index (κ2) is 7.73. The molecule has 2 aromatic carbocycles. The average molecular weight is 429 g/mol. The number of benzene rings is 2. The molecule has 1 aliphatic carbocycles. The smallest absolute Gasteiger partial charge is 0.326 e. The van der Waals surface area contributed by atoms with Gasteiger partial charge in [0.15, 0.2) is 0 Å². The van der Waals surface area contributed by atoms with Gasteiger partial charge in [-0.05, 0) is 55.2 Å². The molecule has 0 aliphatic heterocycles. The molecule has 9 heteroatoms. The number of carbonyl (C=O) groups excluding carboxylic acids is 1. The summed E-state index contributed by atoms with van der Waals surface area (Å²) in [6, 6.07) is 12.0. The van der Waals surface area contributed by atoms with Crippen molar-refractivity contribution in [3.8, 4) is 0 Å². The first-order chi connectivity index (χ1) is 14.2. The topological polar surface area (TPSA) is 102 Å². The van der Waals surface area contributed by atoms with Crippen molar-refractivity contribution in [2.24, 2.45) is 14.1 Å². The lowest BCUT2D eigenvalue weighted by Crippen LogP contribution is -2.25. The van der Waals surface area contributed by atoms with E-state index in [1.807, 2.05) is 0 Å². The van der Waals surface area contributed by atoms with Gasteiger partial charge in [-0.15, -0.1) is 0 Å². The molecular weight excluding hydrogens is 404 g/mol. The molecular formula is C21H24N4O4S. The van der Waals surface area contributed by atoms with Crippen LogP contribution in [0.4, 0.5) is 5.69 Å². The first-order valence-corrected chi connectivity index (χ1v) is 11.3. The molecule has 2 N–H and O–H groups in total. The SMILES string of the molecule is Cn1c(=O)n(C)c2cc(NC(=O)CCc3ccc(S(=O)(=O)NC4CC4)cc3)ccc21. The van der Waals surface area contributed by atoms with E-state index < -0.39 is 10.0 Å². The molecule has 1 saturated carbocycles. The Bertz CT molecular complexity index is 1270. The van der Waals surface area contributed by atoms with Crippen molar-refractivity contribution in [3.05, 3.63) is 58.5 Å². The molecule has 0 atom stereocenters. The fraction of sp³-hybridized carbons (Fsp3) is 0.333. The monoisotopic (exact) mass is 428 g/mol. The third-order valence-corrected chi connectivity index (χ3v) is 6.87. The molecule has 3 aromatic rings. The number of carbonyl (C=O) groups is 1. The van der Waals surface area contributed by atoms with Crippen molar-refractivity contribution in [1.82, 2.24) is 13.9 Å². The molecule has 4 rings (SSSR count). The predicted molar refractivity (Wildman–Crippen MR) is 115 cm³/mol. The van der Waals surface area contributed by atoms with Crippen molar-refractivity contribution in [2.75, 3.05) is 5.32 Å². The van der Waals surface area contributed by atoms with Crippen molar-refractivity contribution in [1.29, 1.82) is 0 Å². The molecule has 0 unspecified atom stereocenters. The molecule has 1 aromatic heterocycles. The fourth-order valence-corrected chi connectivity index (χ4v) is 4.69. The Morgan fingerprint density at radius 1 is 1.03 bits per heavy atom. The summed E-state index contributed by atoms with van der Waals surface area (Å²) in [4.78, 5) is 24.6. The van der Waals surface area contributed by atoms with Gasteiger partial charge in [-0.1, -0.05) is 12.1 Å². The third-order valence-electron chi connectivity index (χ3n) is 5.33. The van der Waals surface area contributed by atoms with E-state index in [0.717, 1.165) is 29.4 Å². The molecule has 1 aliphatic rings. The lowest BCUT2D eigenvalue weighted by Gasteiger charge is -2.08. The number of aromatic nitrogens is 2. The van der Waals surface area contributed by atoms with Crippen LogP contribution in [0.5, 0.6) is 0 Å². The Balaban J connectivity index is 1.37. The van der Waals surface area contributed by atoms with Crippen LogP contribution in [-0.4, -0.2) is 29.5 Å². The lowest BCUT2D eigenvalue weighted by atomic mass is 10.1. The minimum atomic E-state index is -3.46. The third kappa shape index (κ3) is 4.17. The Hall–Kier alpha value is -2.91. The zero-order valence-corrected chi connectivity index (χ0v) is 17.7. The minimum absolute atomic E-state index is 0.0656. The summed E-state index contributed by atoms with van der Waals surface area (Å²) in [5, 5.41) is 2.85. The van der Waals surface area contributed by atoms with E-state index in [9.17, 15) is 18.0 Å². The summed E-state index contributed by atoms with van der Waals surface area (Å²) in [5.74, 6) is -0.151. The van der Waals surface area contributed by atoms with Crippen LogP contribution >= 0.6 is 0 Å². The first-order valence-electron chi connectivity index (χ1n) is 9.81. The van der Waals surface area contributed by atoms with Gasteiger partial charge < -0.3 is 5.32 Å². The molecule has 1 heterocycles. The van der Waals surface area contributed by atoms with E-state index in [1.54, 1.807) is 65.7 Å². The van der Waals surface area contributed by atoms with E-state index in [2.05, 4.69) is 10.0 Å². The van der Waals surface area contributed by atoms with Crippen LogP contribution in [0.15, 0.2) is 52.2 Å². The quantitative estimate of drug-likeness (QED) is 0.600. The Labute approximate surface area is 174 Å². The highest BCUT2D eigenvalue weighted by Crippen LogP contribution is 2.22. The molecule has 0 spiro atoms. The van der Waals surface area contributed by atoms with Gasteiger partial charge in [-0.3, -0.25) is 13.9 Å². The molecule has 0 saturated heterocycles. The second-order valence-corrected chi connectivity index (χ2v) is 9.41. The van der Waals surface area contributed by atoms with Crippen LogP contribution in [0.1, 0.15) is 24.8 Å². The van der Waals surface area contributed by atoms with Gasteiger partial charge in [0.25, 0.3) is 0 Å². The highest BCUT2D eigenvalue weighted by molar-refractivity contribution is 7.89. The van der Waals surface area contributed by atoms with Crippen LogP contribution in [0, 0.1) is 0 Å². The van der Waals surface area contributed by atoms with Gasteiger partial charge in [0.2, 0.25) is 15.9 Å². The van der Waals surface area contributed by atoms with Crippen LogP contribution in [0.2, 0.25) is 0 Å². The highest BCUT2D eigenvalue weighted by Gasteiger charge is 2.27. The number of aryl methyl sites for hydroxylation is 3. The molecule has 0 bridgehead atoms. The number of amides is 1. The largest absolute Gasteiger partial charge is 0.328 e. The van der Waals surface area contributed by atoms with E-state index in [0.29, 0.717) is 12.1 Å². The maximum absolute atomic E-state index is 12.3. The average Bonchev–Trinajstić information content (AvgIpc) is 3.50. The number of hydrogen-bond donors (Lipinski definition) is 2. The van der Waals surface area contributed by atoms with Gasteiger partial charge in [-0.25, -0.2) is 17.9 Å².